The van der Waals surface area contributed by atoms with Crippen LogP contribution in [0.15, 0.2) is 75.5 Å². The first-order chi connectivity index (χ1) is 13.5. The van der Waals surface area contributed by atoms with Crippen molar-refractivity contribution < 1.29 is 9.15 Å². The molecule has 6 rings (SSSR count). The molecule has 0 N–H and O–H groups in total. The van der Waals surface area contributed by atoms with Gasteiger partial charge in [0.1, 0.15) is 17.9 Å². The first-order valence-corrected chi connectivity index (χ1v) is 9.97. The Balaban J connectivity index is 1.43. The fourth-order valence-corrected chi connectivity index (χ4v) is 4.90. The van der Waals surface area contributed by atoms with Gasteiger partial charge >= 0.3 is 5.63 Å². The number of allylic oxidation sites excluding steroid dienone is 1. The van der Waals surface area contributed by atoms with Gasteiger partial charge in [-0.1, -0.05) is 50.3 Å². The maximum absolute atomic E-state index is 12.1. The van der Waals surface area contributed by atoms with Crippen LogP contribution >= 0.6 is 0 Å². The van der Waals surface area contributed by atoms with E-state index in [9.17, 15) is 4.79 Å². The standard InChI is InChI=1S/C25H24O3/c1-25(2)18-9-8-17(22(25)12-18)15-27-19-10-11-20-21(16-6-4-3-5-7-16)14-24(26)28-23(20)13-19/h3-8,10-11,13-14,18,22H,9,12,15H2,1-2H3/t18-,22-/m0/s1. The summed E-state index contributed by atoms with van der Waals surface area (Å²) < 4.78 is 11.6. The zero-order chi connectivity index (χ0) is 19.3. The molecule has 0 amide bonds. The van der Waals surface area contributed by atoms with Crippen LogP contribution in [0.2, 0.25) is 0 Å². The van der Waals surface area contributed by atoms with Gasteiger partial charge in [0.25, 0.3) is 0 Å². The van der Waals surface area contributed by atoms with Crippen molar-refractivity contribution in [3.8, 4) is 16.9 Å². The number of ether oxygens (including phenoxy) is 1. The molecular formula is C25H24O3. The van der Waals surface area contributed by atoms with E-state index in [0.29, 0.717) is 23.5 Å². The monoisotopic (exact) mass is 372 g/mol. The van der Waals surface area contributed by atoms with Crippen molar-refractivity contribution in [3.63, 3.8) is 0 Å². The van der Waals surface area contributed by atoms with Gasteiger partial charge in [0.05, 0.1) is 0 Å². The normalized spacial score (nSPS) is 22.4. The molecule has 0 radical (unpaired) electrons. The average Bonchev–Trinajstić information content (AvgIpc) is 2.72. The quantitative estimate of drug-likeness (QED) is 0.427. The van der Waals surface area contributed by atoms with Crippen molar-refractivity contribution in [2.45, 2.75) is 26.7 Å². The van der Waals surface area contributed by atoms with Crippen LogP contribution in [0.25, 0.3) is 22.1 Å². The van der Waals surface area contributed by atoms with Crippen molar-refractivity contribution in [2.75, 3.05) is 6.61 Å². The van der Waals surface area contributed by atoms with Crippen LogP contribution in [0.3, 0.4) is 0 Å². The Morgan fingerprint density at radius 2 is 1.93 bits per heavy atom. The molecule has 142 valence electrons. The lowest BCUT2D eigenvalue weighted by molar-refractivity contribution is -0.0115. The Morgan fingerprint density at radius 3 is 2.68 bits per heavy atom. The summed E-state index contributed by atoms with van der Waals surface area (Å²) >= 11 is 0. The van der Waals surface area contributed by atoms with Crippen molar-refractivity contribution in [1.29, 1.82) is 0 Å². The molecule has 28 heavy (non-hydrogen) atoms. The molecule has 2 aromatic carbocycles. The smallest absolute Gasteiger partial charge is 0.336 e. The Morgan fingerprint density at radius 1 is 1.11 bits per heavy atom. The van der Waals surface area contributed by atoms with Crippen LogP contribution in [-0.2, 0) is 0 Å². The molecule has 1 aromatic heterocycles. The van der Waals surface area contributed by atoms with Gasteiger partial charge < -0.3 is 9.15 Å². The molecular weight excluding hydrogens is 348 g/mol. The predicted octanol–water partition coefficient (Wildman–Crippen LogP) is 5.83. The second-order valence-corrected chi connectivity index (χ2v) is 8.61. The molecule has 3 aliphatic rings. The van der Waals surface area contributed by atoms with E-state index in [-0.39, 0.29) is 5.63 Å². The highest BCUT2D eigenvalue weighted by molar-refractivity contribution is 5.93. The molecule has 0 saturated heterocycles. The van der Waals surface area contributed by atoms with Gasteiger partial charge in [-0.05, 0) is 58.9 Å². The molecule has 3 aliphatic carbocycles. The fraction of sp³-hybridized carbons (Fsp3) is 0.320. The van der Waals surface area contributed by atoms with E-state index >= 15 is 0 Å². The summed E-state index contributed by atoms with van der Waals surface area (Å²) in [7, 11) is 0. The summed E-state index contributed by atoms with van der Waals surface area (Å²) in [5.74, 6) is 2.20. The molecule has 0 aliphatic heterocycles. The molecule has 3 aromatic rings. The summed E-state index contributed by atoms with van der Waals surface area (Å²) in [6.07, 6.45) is 4.81. The van der Waals surface area contributed by atoms with Gasteiger partial charge in [0.15, 0.2) is 0 Å². The predicted molar refractivity (Wildman–Crippen MR) is 111 cm³/mol. The third-order valence-corrected chi connectivity index (χ3v) is 6.79. The lowest BCUT2D eigenvalue weighted by Gasteiger charge is -2.56. The van der Waals surface area contributed by atoms with E-state index in [1.165, 1.54) is 12.0 Å². The fourth-order valence-electron chi connectivity index (χ4n) is 4.90. The minimum atomic E-state index is -0.347. The van der Waals surface area contributed by atoms with E-state index in [2.05, 4.69) is 19.9 Å². The molecule has 1 heterocycles. The second kappa shape index (κ2) is 6.37. The Labute approximate surface area is 164 Å². The van der Waals surface area contributed by atoms with Gasteiger partial charge in [-0.15, -0.1) is 0 Å². The van der Waals surface area contributed by atoms with Crippen LogP contribution in [0.5, 0.6) is 5.75 Å². The highest BCUT2D eigenvalue weighted by Crippen LogP contribution is 2.59. The summed E-state index contributed by atoms with van der Waals surface area (Å²) in [6, 6.07) is 17.2. The highest BCUT2D eigenvalue weighted by atomic mass is 16.5. The third-order valence-electron chi connectivity index (χ3n) is 6.79. The number of fused-ring (bicyclic) bond motifs is 2. The van der Waals surface area contributed by atoms with E-state index < -0.39 is 0 Å². The van der Waals surface area contributed by atoms with Crippen molar-refractivity contribution in [2.24, 2.45) is 17.3 Å². The topological polar surface area (TPSA) is 39.4 Å². The van der Waals surface area contributed by atoms with Crippen LogP contribution in [0.1, 0.15) is 26.7 Å². The van der Waals surface area contributed by atoms with Gasteiger partial charge in [0.2, 0.25) is 0 Å². The van der Waals surface area contributed by atoms with Gasteiger partial charge in [-0.3, -0.25) is 0 Å². The van der Waals surface area contributed by atoms with Crippen molar-refractivity contribution in [3.05, 3.63) is 76.7 Å². The maximum atomic E-state index is 12.1. The minimum Gasteiger partial charge on any atom is -0.489 e. The second-order valence-electron chi connectivity index (χ2n) is 8.61. The lowest BCUT2D eigenvalue weighted by Crippen LogP contribution is -2.48. The van der Waals surface area contributed by atoms with Gasteiger partial charge in [-0.2, -0.15) is 0 Å². The maximum Gasteiger partial charge on any atom is 0.336 e. The Bertz CT molecular complexity index is 1120. The highest BCUT2D eigenvalue weighted by Gasteiger charge is 2.51. The van der Waals surface area contributed by atoms with Crippen LogP contribution in [-0.4, -0.2) is 6.61 Å². The number of hydrogen-bond acceptors (Lipinski definition) is 3. The first kappa shape index (κ1) is 17.3. The Kier molecular flexibility index (Phi) is 3.94. The molecule has 2 bridgehead atoms. The van der Waals surface area contributed by atoms with Crippen LogP contribution in [0, 0.1) is 17.3 Å². The van der Waals surface area contributed by atoms with Crippen molar-refractivity contribution >= 4 is 11.0 Å². The minimum absolute atomic E-state index is 0.347. The Hall–Kier alpha value is -2.81. The van der Waals surface area contributed by atoms with Crippen molar-refractivity contribution in [1.82, 2.24) is 0 Å². The molecule has 3 nitrogen and oxygen atoms in total. The zero-order valence-corrected chi connectivity index (χ0v) is 16.3. The summed E-state index contributed by atoms with van der Waals surface area (Å²) in [5, 5.41) is 0.915. The number of benzene rings is 2. The summed E-state index contributed by atoms with van der Waals surface area (Å²) in [5.41, 5.74) is 3.91. The zero-order valence-electron chi connectivity index (χ0n) is 16.3. The largest absolute Gasteiger partial charge is 0.489 e. The summed E-state index contributed by atoms with van der Waals surface area (Å²) in [4.78, 5) is 12.1. The average molecular weight is 372 g/mol. The molecule has 1 saturated carbocycles. The van der Waals surface area contributed by atoms with Crippen LogP contribution in [0.4, 0.5) is 0 Å². The molecule has 1 fully saturated rings. The molecule has 0 unspecified atom stereocenters. The SMILES string of the molecule is CC1(C)[C@H]2CC=C(COc3ccc4c(-c5ccccc5)cc(=O)oc4c3)[C@@H]1C2. The number of hydrogen-bond donors (Lipinski definition) is 0. The van der Waals surface area contributed by atoms with Gasteiger partial charge in [0, 0.05) is 17.5 Å². The summed E-state index contributed by atoms with van der Waals surface area (Å²) in [6.45, 7) is 5.35. The van der Waals surface area contributed by atoms with Crippen LogP contribution < -0.4 is 10.4 Å². The van der Waals surface area contributed by atoms with E-state index in [1.807, 2.05) is 48.5 Å². The first-order valence-electron chi connectivity index (χ1n) is 9.97. The van der Waals surface area contributed by atoms with Gasteiger partial charge in [-0.25, -0.2) is 4.79 Å². The molecule has 3 heteroatoms. The number of rotatable bonds is 4. The van der Waals surface area contributed by atoms with E-state index in [4.69, 9.17) is 9.15 Å². The molecule has 2 atom stereocenters. The lowest BCUT2D eigenvalue weighted by atomic mass is 9.49. The molecule has 0 spiro atoms. The van der Waals surface area contributed by atoms with E-state index in [1.54, 1.807) is 6.07 Å². The van der Waals surface area contributed by atoms with E-state index in [0.717, 1.165) is 34.6 Å². The third kappa shape index (κ3) is 2.77.